The van der Waals surface area contributed by atoms with Crippen LogP contribution < -0.4 is 15.6 Å². The Morgan fingerprint density at radius 2 is 2.00 bits per heavy atom. The van der Waals surface area contributed by atoms with Gasteiger partial charge in [-0.3, -0.25) is 4.79 Å². The number of carbonyl (C=O) groups excluding carboxylic acids is 1. The minimum atomic E-state index is -0.291. The van der Waals surface area contributed by atoms with Crippen LogP contribution in [0.4, 0.5) is 10.5 Å². The van der Waals surface area contributed by atoms with E-state index in [0.717, 1.165) is 22.2 Å². The molecule has 0 fully saturated rings. The normalized spacial score (nSPS) is 10.8. The number of amides is 2. The molecule has 0 bridgehead atoms. The fourth-order valence-corrected chi connectivity index (χ4v) is 3.19. The van der Waals surface area contributed by atoms with E-state index in [2.05, 4.69) is 10.3 Å². The van der Waals surface area contributed by atoms with Gasteiger partial charge in [0.05, 0.1) is 19.8 Å². The molecule has 0 saturated heterocycles. The highest BCUT2D eigenvalue weighted by Gasteiger charge is 2.16. The number of fused-ring (bicyclic) bond motifs is 1. The summed E-state index contributed by atoms with van der Waals surface area (Å²) in [6.45, 7) is 5.31. The minimum absolute atomic E-state index is 0.158. The predicted molar refractivity (Wildman–Crippen MR) is 118 cm³/mol. The summed E-state index contributed by atoms with van der Waals surface area (Å²) in [5.74, 6) is 0.733. The molecule has 30 heavy (non-hydrogen) atoms. The SMILES string of the molecule is CCOc1ccc2[nH]c(=O)c(CN(CCOC)C(=O)Nc3cccc(C)c3)cc2c1. The van der Waals surface area contributed by atoms with E-state index < -0.39 is 0 Å². The Balaban J connectivity index is 1.85. The summed E-state index contributed by atoms with van der Waals surface area (Å²) < 4.78 is 10.7. The van der Waals surface area contributed by atoms with Crippen LogP contribution in [0.2, 0.25) is 0 Å². The maximum atomic E-state index is 12.9. The molecular weight excluding hydrogens is 382 g/mol. The largest absolute Gasteiger partial charge is 0.494 e. The minimum Gasteiger partial charge on any atom is -0.494 e. The first-order valence-electron chi connectivity index (χ1n) is 9.90. The highest BCUT2D eigenvalue weighted by molar-refractivity contribution is 5.89. The Labute approximate surface area is 175 Å². The van der Waals surface area contributed by atoms with Crippen LogP contribution in [0.25, 0.3) is 10.9 Å². The Kier molecular flexibility index (Phi) is 7.08. The first kappa shape index (κ1) is 21.4. The lowest BCUT2D eigenvalue weighted by atomic mass is 10.1. The molecule has 158 valence electrons. The number of hydrogen-bond acceptors (Lipinski definition) is 4. The molecule has 7 heteroatoms. The maximum Gasteiger partial charge on any atom is 0.322 e. The van der Waals surface area contributed by atoms with Gasteiger partial charge in [0, 0.05) is 35.8 Å². The summed E-state index contributed by atoms with van der Waals surface area (Å²) in [7, 11) is 1.58. The summed E-state index contributed by atoms with van der Waals surface area (Å²) in [5, 5.41) is 3.74. The van der Waals surface area contributed by atoms with Crippen molar-refractivity contribution in [3.8, 4) is 5.75 Å². The first-order valence-corrected chi connectivity index (χ1v) is 9.90. The van der Waals surface area contributed by atoms with Crippen LogP contribution in [0.5, 0.6) is 5.75 Å². The topological polar surface area (TPSA) is 83.7 Å². The standard InChI is InChI=1S/C23H27N3O4/c1-4-30-20-8-9-21-17(14-20)13-18(22(27)25-21)15-26(10-11-29-3)23(28)24-19-7-5-6-16(2)12-19/h5-9,12-14H,4,10-11,15H2,1-3H3,(H,24,28)(H,25,27). The average molecular weight is 409 g/mol. The third kappa shape index (κ3) is 5.39. The third-order valence-corrected chi connectivity index (χ3v) is 4.69. The molecule has 0 spiro atoms. The number of urea groups is 1. The zero-order chi connectivity index (χ0) is 21.5. The van der Waals surface area contributed by atoms with Crippen LogP contribution in [0.3, 0.4) is 0 Å². The van der Waals surface area contributed by atoms with Gasteiger partial charge in [0.25, 0.3) is 5.56 Å². The third-order valence-electron chi connectivity index (χ3n) is 4.69. The zero-order valence-corrected chi connectivity index (χ0v) is 17.5. The van der Waals surface area contributed by atoms with Crippen molar-refractivity contribution in [3.63, 3.8) is 0 Å². The zero-order valence-electron chi connectivity index (χ0n) is 17.5. The lowest BCUT2D eigenvalue weighted by molar-refractivity contribution is 0.152. The highest BCUT2D eigenvalue weighted by Crippen LogP contribution is 2.20. The van der Waals surface area contributed by atoms with Crippen molar-refractivity contribution in [2.75, 3.05) is 32.2 Å². The van der Waals surface area contributed by atoms with Gasteiger partial charge in [-0.25, -0.2) is 4.79 Å². The van der Waals surface area contributed by atoms with E-state index in [1.54, 1.807) is 18.1 Å². The smallest absolute Gasteiger partial charge is 0.322 e. The van der Waals surface area contributed by atoms with E-state index in [1.165, 1.54) is 0 Å². The average Bonchev–Trinajstić information content (AvgIpc) is 2.71. The van der Waals surface area contributed by atoms with Crippen LogP contribution >= 0.6 is 0 Å². The van der Waals surface area contributed by atoms with E-state index in [-0.39, 0.29) is 18.1 Å². The number of aryl methyl sites for hydroxylation is 1. The van der Waals surface area contributed by atoms with Crippen molar-refractivity contribution < 1.29 is 14.3 Å². The number of pyridine rings is 1. The molecule has 1 heterocycles. The van der Waals surface area contributed by atoms with Gasteiger partial charge in [-0.1, -0.05) is 12.1 Å². The van der Waals surface area contributed by atoms with Crippen molar-refractivity contribution in [2.45, 2.75) is 20.4 Å². The van der Waals surface area contributed by atoms with E-state index in [1.807, 2.05) is 56.3 Å². The number of benzene rings is 2. The first-order chi connectivity index (χ1) is 14.5. The molecular formula is C23H27N3O4. The van der Waals surface area contributed by atoms with Gasteiger partial charge in [0.2, 0.25) is 0 Å². The molecule has 2 N–H and O–H groups in total. The lowest BCUT2D eigenvalue weighted by Gasteiger charge is -2.23. The van der Waals surface area contributed by atoms with Gasteiger partial charge in [0.15, 0.2) is 0 Å². The molecule has 2 aromatic carbocycles. The number of anilines is 1. The number of aromatic nitrogens is 1. The second-order valence-electron chi connectivity index (χ2n) is 7.02. The molecule has 7 nitrogen and oxygen atoms in total. The lowest BCUT2D eigenvalue weighted by Crippen LogP contribution is -2.38. The molecule has 2 amide bonds. The van der Waals surface area contributed by atoms with Crippen molar-refractivity contribution >= 4 is 22.6 Å². The van der Waals surface area contributed by atoms with Gasteiger partial charge < -0.3 is 24.7 Å². The van der Waals surface area contributed by atoms with Crippen molar-refractivity contribution in [1.82, 2.24) is 9.88 Å². The summed E-state index contributed by atoms with van der Waals surface area (Å²) in [6.07, 6.45) is 0. The van der Waals surface area contributed by atoms with Gasteiger partial charge in [0.1, 0.15) is 5.75 Å². The van der Waals surface area contributed by atoms with Gasteiger partial charge in [-0.2, -0.15) is 0 Å². The van der Waals surface area contributed by atoms with Crippen LogP contribution in [-0.4, -0.2) is 42.8 Å². The quantitative estimate of drug-likeness (QED) is 0.591. The summed E-state index contributed by atoms with van der Waals surface area (Å²) >= 11 is 0. The molecule has 3 aromatic rings. The number of carbonyl (C=O) groups is 1. The molecule has 1 aromatic heterocycles. The van der Waals surface area contributed by atoms with E-state index in [9.17, 15) is 9.59 Å². The van der Waals surface area contributed by atoms with Crippen LogP contribution in [-0.2, 0) is 11.3 Å². The number of nitrogens with zero attached hydrogens (tertiary/aromatic N) is 1. The fraction of sp³-hybridized carbons (Fsp3) is 0.304. The van der Waals surface area contributed by atoms with Crippen molar-refractivity contribution in [2.24, 2.45) is 0 Å². The second-order valence-corrected chi connectivity index (χ2v) is 7.02. The molecule has 0 saturated carbocycles. The molecule has 0 radical (unpaired) electrons. The predicted octanol–water partition coefficient (Wildman–Crippen LogP) is 3.92. The molecule has 0 aliphatic heterocycles. The van der Waals surface area contributed by atoms with Gasteiger partial charge in [-0.15, -0.1) is 0 Å². The fourth-order valence-electron chi connectivity index (χ4n) is 3.19. The van der Waals surface area contributed by atoms with Gasteiger partial charge >= 0.3 is 6.03 Å². The number of ether oxygens (including phenoxy) is 2. The Morgan fingerprint density at radius 3 is 2.73 bits per heavy atom. The number of rotatable bonds is 8. The molecule has 0 unspecified atom stereocenters. The summed E-state index contributed by atoms with van der Waals surface area (Å²) in [4.78, 5) is 29.9. The number of aromatic amines is 1. The van der Waals surface area contributed by atoms with E-state index >= 15 is 0 Å². The summed E-state index contributed by atoms with van der Waals surface area (Å²) in [6, 6.07) is 14.6. The van der Waals surface area contributed by atoms with Crippen LogP contribution in [0.1, 0.15) is 18.1 Å². The Hall–Kier alpha value is -3.32. The van der Waals surface area contributed by atoms with Crippen LogP contribution in [0.15, 0.2) is 53.3 Å². The maximum absolute atomic E-state index is 12.9. The van der Waals surface area contributed by atoms with Crippen LogP contribution in [0, 0.1) is 6.92 Å². The number of methoxy groups -OCH3 is 1. The number of H-pyrrole nitrogens is 1. The Morgan fingerprint density at radius 1 is 1.17 bits per heavy atom. The van der Waals surface area contributed by atoms with Gasteiger partial charge in [-0.05, 0) is 55.8 Å². The molecule has 0 atom stereocenters. The second kappa shape index (κ2) is 9.93. The molecule has 0 aliphatic carbocycles. The molecule has 0 aliphatic rings. The number of nitrogens with one attached hydrogen (secondary N) is 2. The van der Waals surface area contributed by atoms with E-state index in [0.29, 0.717) is 31.0 Å². The summed E-state index contributed by atoms with van der Waals surface area (Å²) in [5.41, 5.74) is 2.74. The van der Waals surface area contributed by atoms with Crippen molar-refractivity contribution in [3.05, 3.63) is 70.0 Å². The van der Waals surface area contributed by atoms with Crippen molar-refractivity contribution in [1.29, 1.82) is 0 Å². The number of hydrogen-bond donors (Lipinski definition) is 2. The monoisotopic (exact) mass is 409 g/mol. The Bertz CT molecular complexity index is 1080. The molecule has 3 rings (SSSR count). The highest BCUT2D eigenvalue weighted by atomic mass is 16.5. The van der Waals surface area contributed by atoms with E-state index in [4.69, 9.17) is 9.47 Å².